The van der Waals surface area contributed by atoms with Crippen molar-refractivity contribution >= 4 is 34.8 Å². The second kappa shape index (κ2) is 9.16. The molecule has 0 saturated carbocycles. The van der Waals surface area contributed by atoms with Crippen LogP contribution in [0.3, 0.4) is 0 Å². The molecule has 1 aromatic heterocycles. The smallest absolute Gasteiger partial charge is 0.242 e. The highest BCUT2D eigenvalue weighted by atomic mass is 35.5. The number of rotatable bonds is 6. The number of halogens is 1. The van der Waals surface area contributed by atoms with Gasteiger partial charge in [-0.15, -0.1) is 11.3 Å². The zero-order chi connectivity index (χ0) is 18.4. The standard InChI is InChI=1S/C19H22ClN3O2S/c20-17-7-6-16(26-17)14-22-8-10-23(11-9-22)19(25)13-21-18(24)12-15-4-2-1-3-5-15/h1-7H,8-14H2,(H,21,24). The van der Waals surface area contributed by atoms with E-state index in [2.05, 4.69) is 10.2 Å². The molecule has 0 spiro atoms. The molecule has 1 aliphatic heterocycles. The highest BCUT2D eigenvalue weighted by Crippen LogP contribution is 2.23. The van der Waals surface area contributed by atoms with E-state index in [0.29, 0.717) is 19.5 Å². The molecule has 0 bridgehead atoms. The number of hydrogen-bond donors (Lipinski definition) is 1. The summed E-state index contributed by atoms with van der Waals surface area (Å²) in [5, 5.41) is 2.73. The minimum absolute atomic E-state index is 0.0229. The van der Waals surface area contributed by atoms with Crippen LogP contribution < -0.4 is 5.32 Å². The summed E-state index contributed by atoms with van der Waals surface area (Å²) in [6.07, 6.45) is 0.297. The van der Waals surface area contributed by atoms with E-state index in [1.54, 1.807) is 11.3 Å². The Balaban J connectivity index is 1.37. The zero-order valence-corrected chi connectivity index (χ0v) is 16.1. The molecule has 0 unspecified atom stereocenters. The number of thiophene rings is 1. The third-order valence-electron chi connectivity index (χ3n) is 4.38. The Hall–Kier alpha value is -1.89. The molecule has 2 aromatic rings. The van der Waals surface area contributed by atoms with Crippen LogP contribution in [0.15, 0.2) is 42.5 Å². The van der Waals surface area contributed by atoms with Crippen LogP contribution >= 0.6 is 22.9 Å². The van der Waals surface area contributed by atoms with Gasteiger partial charge in [0, 0.05) is 37.6 Å². The van der Waals surface area contributed by atoms with Gasteiger partial charge in [0.05, 0.1) is 17.3 Å². The maximum absolute atomic E-state index is 12.3. The van der Waals surface area contributed by atoms with Gasteiger partial charge >= 0.3 is 0 Å². The van der Waals surface area contributed by atoms with E-state index in [4.69, 9.17) is 11.6 Å². The topological polar surface area (TPSA) is 52.7 Å². The second-order valence-corrected chi connectivity index (χ2v) is 8.10. The van der Waals surface area contributed by atoms with Gasteiger partial charge in [-0.1, -0.05) is 41.9 Å². The first-order valence-corrected chi connectivity index (χ1v) is 9.84. The van der Waals surface area contributed by atoms with Crippen molar-refractivity contribution in [3.8, 4) is 0 Å². The quantitative estimate of drug-likeness (QED) is 0.822. The molecule has 5 nitrogen and oxygen atoms in total. The third-order valence-corrected chi connectivity index (χ3v) is 5.59. The predicted molar refractivity (Wildman–Crippen MR) is 104 cm³/mol. The predicted octanol–water partition coefficient (Wildman–Crippen LogP) is 2.40. The minimum atomic E-state index is -0.127. The van der Waals surface area contributed by atoms with E-state index in [1.807, 2.05) is 47.4 Å². The number of piperazine rings is 1. The summed E-state index contributed by atoms with van der Waals surface area (Å²) in [7, 11) is 0. The number of benzene rings is 1. The van der Waals surface area contributed by atoms with Gasteiger partial charge in [0.25, 0.3) is 0 Å². The largest absolute Gasteiger partial charge is 0.347 e. The van der Waals surface area contributed by atoms with E-state index in [0.717, 1.165) is 29.5 Å². The van der Waals surface area contributed by atoms with Crippen molar-refractivity contribution < 1.29 is 9.59 Å². The Morgan fingerprint density at radius 3 is 2.42 bits per heavy atom. The van der Waals surface area contributed by atoms with E-state index < -0.39 is 0 Å². The van der Waals surface area contributed by atoms with Crippen LogP contribution in [0, 0.1) is 0 Å². The van der Waals surface area contributed by atoms with Crippen LogP contribution in [-0.4, -0.2) is 54.3 Å². The maximum atomic E-state index is 12.3. The Bertz CT molecular complexity index is 742. The molecule has 1 N–H and O–H groups in total. The van der Waals surface area contributed by atoms with Gasteiger partial charge in [0.1, 0.15) is 0 Å². The fourth-order valence-electron chi connectivity index (χ4n) is 2.94. The molecular formula is C19H22ClN3O2S. The monoisotopic (exact) mass is 391 g/mol. The number of carbonyl (C=O) groups is 2. The van der Waals surface area contributed by atoms with Crippen LogP contribution in [0.1, 0.15) is 10.4 Å². The molecule has 0 aliphatic carbocycles. The van der Waals surface area contributed by atoms with Crippen LogP contribution in [0.5, 0.6) is 0 Å². The number of nitrogens with zero attached hydrogens (tertiary/aromatic N) is 2. The molecule has 0 atom stereocenters. The summed E-state index contributed by atoms with van der Waals surface area (Å²) in [4.78, 5) is 29.6. The highest BCUT2D eigenvalue weighted by Gasteiger charge is 2.21. The summed E-state index contributed by atoms with van der Waals surface area (Å²) >= 11 is 7.56. The van der Waals surface area contributed by atoms with Crippen LogP contribution in [-0.2, 0) is 22.6 Å². The molecule has 1 fully saturated rings. The summed E-state index contributed by atoms with van der Waals surface area (Å²) in [5.41, 5.74) is 0.944. The molecule has 1 aliphatic rings. The first-order valence-electron chi connectivity index (χ1n) is 8.65. The molecule has 138 valence electrons. The van der Waals surface area contributed by atoms with Crippen molar-refractivity contribution in [2.45, 2.75) is 13.0 Å². The number of carbonyl (C=O) groups excluding carboxylic acids is 2. The van der Waals surface area contributed by atoms with Crippen molar-refractivity contribution in [3.05, 3.63) is 57.2 Å². The van der Waals surface area contributed by atoms with Gasteiger partial charge in [0.2, 0.25) is 11.8 Å². The molecule has 26 heavy (non-hydrogen) atoms. The van der Waals surface area contributed by atoms with E-state index >= 15 is 0 Å². The number of amides is 2. The fourth-order valence-corrected chi connectivity index (χ4v) is 4.07. The van der Waals surface area contributed by atoms with Crippen molar-refractivity contribution in [2.24, 2.45) is 0 Å². The lowest BCUT2D eigenvalue weighted by molar-refractivity contribution is -0.134. The zero-order valence-electron chi connectivity index (χ0n) is 14.5. The Morgan fingerprint density at radius 1 is 1.04 bits per heavy atom. The molecule has 7 heteroatoms. The van der Waals surface area contributed by atoms with Gasteiger partial charge in [0.15, 0.2) is 0 Å². The second-order valence-electron chi connectivity index (χ2n) is 6.30. The maximum Gasteiger partial charge on any atom is 0.242 e. The van der Waals surface area contributed by atoms with Crippen molar-refractivity contribution in [1.82, 2.24) is 15.1 Å². The van der Waals surface area contributed by atoms with Crippen molar-refractivity contribution in [3.63, 3.8) is 0 Å². The van der Waals surface area contributed by atoms with E-state index in [1.165, 1.54) is 4.88 Å². The molecular weight excluding hydrogens is 370 g/mol. The van der Waals surface area contributed by atoms with Crippen LogP contribution in [0.2, 0.25) is 4.34 Å². The van der Waals surface area contributed by atoms with Gasteiger partial charge in [-0.25, -0.2) is 0 Å². The number of nitrogens with one attached hydrogen (secondary N) is 1. The molecule has 0 radical (unpaired) electrons. The van der Waals surface area contributed by atoms with Crippen LogP contribution in [0.4, 0.5) is 0 Å². The van der Waals surface area contributed by atoms with E-state index in [9.17, 15) is 9.59 Å². The molecule has 2 amide bonds. The van der Waals surface area contributed by atoms with Gasteiger partial charge < -0.3 is 10.2 Å². The average Bonchev–Trinajstić information content (AvgIpc) is 3.06. The lowest BCUT2D eigenvalue weighted by Gasteiger charge is -2.34. The van der Waals surface area contributed by atoms with E-state index in [-0.39, 0.29) is 18.4 Å². The minimum Gasteiger partial charge on any atom is -0.347 e. The summed E-state index contributed by atoms with van der Waals surface area (Å²) in [5.74, 6) is -0.150. The first kappa shape index (κ1) is 18.9. The molecule has 1 saturated heterocycles. The molecule has 3 rings (SSSR count). The van der Waals surface area contributed by atoms with Gasteiger partial charge in [-0.05, 0) is 17.7 Å². The Morgan fingerprint density at radius 2 is 1.77 bits per heavy atom. The normalized spacial score (nSPS) is 15.0. The highest BCUT2D eigenvalue weighted by molar-refractivity contribution is 7.16. The average molecular weight is 392 g/mol. The Kier molecular flexibility index (Phi) is 6.66. The van der Waals surface area contributed by atoms with Gasteiger partial charge in [-0.2, -0.15) is 0 Å². The SMILES string of the molecule is O=C(Cc1ccccc1)NCC(=O)N1CCN(Cc2ccc(Cl)s2)CC1. The lowest BCUT2D eigenvalue weighted by Crippen LogP contribution is -2.50. The van der Waals surface area contributed by atoms with Crippen molar-refractivity contribution in [1.29, 1.82) is 0 Å². The summed E-state index contributed by atoms with van der Waals surface area (Å²) < 4.78 is 0.806. The molecule has 1 aromatic carbocycles. The summed E-state index contributed by atoms with van der Waals surface area (Å²) in [6.45, 7) is 3.97. The molecule has 2 heterocycles. The third kappa shape index (κ3) is 5.56. The summed E-state index contributed by atoms with van der Waals surface area (Å²) in [6, 6.07) is 13.5. The van der Waals surface area contributed by atoms with Crippen LogP contribution in [0.25, 0.3) is 0 Å². The first-order chi connectivity index (χ1) is 12.6. The van der Waals surface area contributed by atoms with Gasteiger partial charge in [-0.3, -0.25) is 14.5 Å². The number of hydrogen-bond acceptors (Lipinski definition) is 4. The van der Waals surface area contributed by atoms with Crippen molar-refractivity contribution in [2.75, 3.05) is 32.7 Å². The fraction of sp³-hybridized carbons (Fsp3) is 0.368. The Labute approximate surface area is 162 Å². The lowest BCUT2D eigenvalue weighted by atomic mass is 10.1.